The van der Waals surface area contributed by atoms with E-state index in [1.54, 1.807) is 16.7 Å². The molecule has 7 nitrogen and oxygen atoms in total. The fourth-order valence-electron chi connectivity index (χ4n) is 5.52. The van der Waals surface area contributed by atoms with Gasteiger partial charge >= 0.3 is 12.1 Å². The van der Waals surface area contributed by atoms with Gasteiger partial charge in [0.15, 0.2) is 0 Å². The number of carbonyl (C=O) groups excluding carboxylic acids is 2. The molecular weight excluding hydrogens is 535 g/mol. The Balaban J connectivity index is 1.32. The number of amides is 1. The van der Waals surface area contributed by atoms with Gasteiger partial charge in [-0.25, -0.2) is 22.9 Å². The van der Waals surface area contributed by atoms with Crippen LogP contribution >= 0.6 is 0 Å². The first-order valence-electron chi connectivity index (χ1n) is 14.4. The number of benzene rings is 1. The summed E-state index contributed by atoms with van der Waals surface area (Å²) in [5.41, 5.74) is 0.0910. The van der Waals surface area contributed by atoms with E-state index in [0.717, 1.165) is 30.2 Å². The molecule has 1 aromatic carbocycles. The number of halogens is 3. The lowest BCUT2D eigenvalue weighted by atomic mass is 9.86. The number of alkyl halides is 1. The molecule has 3 heterocycles. The number of pyridine rings is 1. The molecule has 1 atom stereocenters. The first-order valence-corrected chi connectivity index (χ1v) is 14.4. The Labute approximate surface area is 240 Å². The number of esters is 1. The van der Waals surface area contributed by atoms with Gasteiger partial charge in [0.2, 0.25) is 0 Å². The number of aryl methyl sites for hydroxylation is 2. The van der Waals surface area contributed by atoms with E-state index in [0.29, 0.717) is 38.0 Å². The molecule has 0 radical (unpaired) electrons. The second kappa shape index (κ2) is 12.8. The zero-order valence-electron chi connectivity index (χ0n) is 24.4. The molecule has 4 rings (SSSR count). The number of anilines is 1. The van der Waals surface area contributed by atoms with Gasteiger partial charge in [0, 0.05) is 37.4 Å². The summed E-state index contributed by atoms with van der Waals surface area (Å²) in [7, 11) is 0. The summed E-state index contributed by atoms with van der Waals surface area (Å²) in [5.74, 6) is -1.35. The van der Waals surface area contributed by atoms with Crippen molar-refractivity contribution in [2.45, 2.75) is 90.0 Å². The van der Waals surface area contributed by atoms with Crippen LogP contribution in [-0.2, 0) is 27.1 Å². The molecular formula is C31H40F3N3O4. The van der Waals surface area contributed by atoms with Gasteiger partial charge in [0.1, 0.15) is 28.7 Å². The van der Waals surface area contributed by atoms with Crippen LogP contribution in [0.15, 0.2) is 30.3 Å². The lowest BCUT2D eigenvalue weighted by Gasteiger charge is -2.48. The van der Waals surface area contributed by atoms with Crippen LogP contribution in [0.2, 0.25) is 0 Å². The van der Waals surface area contributed by atoms with Crippen LogP contribution in [-0.4, -0.2) is 59.5 Å². The molecule has 2 aromatic rings. The molecule has 1 saturated heterocycles. The molecule has 2 aliphatic rings. The minimum Gasteiger partial charge on any atom is -0.466 e. The number of rotatable bonds is 10. The van der Waals surface area contributed by atoms with E-state index >= 15 is 4.39 Å². The minimum absolute atomic E-state index is 0.0666. The van der Waals surface area contributed by atoms with E-state index in [4.69, 9.17) is 14.5 Å². The van der Waals surface area contributed by atoms with E-state index in [-0.39, 0.29) is 31.7 Å². The van der Waals surface area contributed by atoms with Gasteiger partial charge in [-0.05, 0) is 95.5 Å². The van der Waals surface area contributed by atoms with Gasteiger partial charge in [-0.15, -0.1) is 0 Å². The number of unbranched alkanes of at least 4 members (excludes halogenated alkanes) is 1. The Morgan fingerprint density at radius 1 is 1.10 bits per heavy atom. The Morgan fingerprint density at radius 3 is 2.46 bits per heavy atom. The molecule has 0 N–H and O–H groups in total. The van der Waals surface area contributed by atoms with E-state index in [1.165, 1.54) is 12.1 Å². The molecule has 41 heavy (non-hydrogen) atoms. The zero-order chi connectivity index (χ0) is 29.8. The SMILES string of the molecule is CCOC(=O)CC(c1cc(F)cc(F)c1)N1CC(F)(CCCCc2ccc3c(n2)N(C(=O)OC(C)(C)C)CCC3)C1. The highest BCUT2D eigenvalue weighted by Gasteiger charge is 2.46. The average molecular weight is 576 g/mol. The predicted octanol–water partition coefficient (Wildman–Crippen LogP) is 6.48. The summed E-state index contributed by atoms with van der Waals surface area (Å²) in [4.78, 5) is 33.0. The molecule has 1 fully saturated rings. The van der Waals surface area contributed by atoms with E-state index in [1.807, 2.05) is 32.9 Å². The number of likely N-dealkylation sites (tertiary alicyclic amines) is 1. The molecule has 0 spiro atoms. The lowest BCUT2D eigenvalue weighted by molar-refractivity contribution is -0.147. The van der Waals surface area contributed by atoms with Crippen molar-refractivity contribution in [2.24, 2.45) is 0 Å². The summed E-state index contributed by atoms with van der Waals surface area (Å²) < 4.78 is 53.9. The van der Waals surface area contributed by atoms with Crippen LogP contribution in [0.3, 0.4) is 0 Å². The third-order valence-electron chi connectivity index (χ3n) is 7.37. The number of fused-ring (bicyclic) bond motifs is 1. The Morgan fingerprint density at radius 2 is 1.80 bits per heavy atom. The van der Waals surface area contributed by atoms with Gasteiger partial charge < -0.3 is 9.47 Å². The average Bonchev–Trinajstić information content (AvgIpc) is 2.86. The Hall–Kier alpha value is -3.14. The highest BCUT2D eigenvalue weighted by molar-refractivity contribution is 5.88. The van der Waals surface area contributed by atoms with Crippen LogP contribution in [0.5, 0.6) is 0 Å². The van der Waals surface area contributed by atoms with Crippen molar-refractivity contribution >= 4 is 17.9 Å². The second-order valence-corrected chi connectivity index (χ2v) is 12.0. The second-order valence-electron chi connectivity index (χ2n) is 12.0. The normalized spacial score (nSPS) is 17.4. The maximum absolute atomic E-state index is 15.5. The van der Waals surface area contributed by atoms with Crippen molar-refractivity contribution in [1.29, 1.82) is 0 Å². The van der Waals surface area contributed by atoms with Crippen LogP contribution in [0.1, 0.15) is 82.7 Å². The summed E-state index contributed by atoms with van der Waals surface area (Å²) in [6.07, 6.45) is 3.48. The molecule has 1 aromatic heterocycles. The molecule has 1 amide bonds. The van der Waals surface area contributed by atoms with Gasteiger partial charge in [-0.2, -0.15) is 0 Å². The van der Waals surface area contributed by atoms with E-state index in [9.17, 15) is 18.4 Å². The molecule has 0 bridgehead atoms. The van der Waals surface area contributed by atoms with Crippen LogP contribution in [0.25, 0.3) is 0 Å². The molecule has 0 saturated carbocycles. The largest absolute Gasteiger partial charge is 0.466 e. The fraction of sp³-hybridized carbons (Fsp3) is 0.581. The Kier molecular flexibility index (Phi) is 9.62. The number of ether oxygens (including phenoxy) is 2. The van der Waals surface area contributed by atoms with Crippen molar-refractivity contribution in [3.63, 3.8) is 0 Å². The summed E-state index contributed by atoms with van der Waals surface area (Å²) in [5, 5.41) is 0. The smallest absolute Gasteiger partial charge is 0.416 e. The van der Waals surface area contributed by atoms with E-state index in [2.05, 4.69) is 0 Å². The standard InChI is InChI=1S/C31H40F3N3O4/c1-5-40-27(38)18-26(22-15-23(32)17-24(33)16-22)36-19-31(34,20-36)13-7-6-10-25-12-11-21-9-8-14-37(28(21)35-25)29(39)41-30(2,3)4/h11-12,15-17,26H,5-10,13-14,18-20H2,1-4H3. The lowest BCUT2D eigenvalue weighted by Crippen LogP contribution is -2.60. The number of hydrogen-bond acceptors (Lipinski definition) is 6. The summed E-state index contributed by atoms with van der Waals surface area (Å²) in [6, 6.07) is 6.43. The maximum Gasteiger partial charge on any atom is 0.416 e. The number of carbonyl (C=O) groups is 2. The first-order chi connectivity index (χ1) is 19.4. The quantitative estimate of drug-likeness (QED) is 0.239. The highest BCUT2D eigenvalue weighted by atomic mass is 19.1. The van der Waals surface area contributed by atoms with Gasteiger partial charge in [0.25, 0.3) is 0 Å². The third-order valence-corrected chi connectivity index (χ3v) is 7.37. The minimum atomic E-state index is -1.45. The highest BCUT2D eigenvalue weighted by Crippen LogP contribution is 2.39. The fourth-order valence-corrected chi connectivity index (χ4v) is 5.52. The van der Waals surface area contributed by atoms with Crippen LogP contribution in [0.4, 0.5) is 23.8 Å². The molecule has 2 aliphatic heterocycles. The zero-order valence-corrected chi connectivity index (χ0v) is 24.4. The molecule has 0 aliphatic carbocycles. The van der Waals surface area contributed by atoms with Crippen LogP contribution < -0.4 is 4.90 Å². The van der Waals surface area contributed by atoms with Crippen LogP contribution in [0, 0.1) is 11.6 Å². The van der Waals surface area contributed by atoms with Crippen molar-refractivity contribution < 1.29 is 32.2 Å². The van der Waals surface area contributed by atoms with Crippen molar-refractivity contribution in [2.75, 3.05) is 31.1 Å². The van der Waals surface area contributed by atoms with Crippen molar-refractivity contribution in [1.82, 2.24) is 9.88 Å². The number of nitrogens with zero attached hydrogens (tertiary/aromatic N) is 3. The molecule has 1 unspecified atom stereocenters. The topological polar surface area (TPSA) is 72.0 Å². The molecule has 10 heteroatoms. The first kappa shape index (κ1) is 30.8. The third kappa shape index (κ3) is 8.21. The predicted molar refractivity (Wildman–Crippen MR) is 149 cm³/mol. The Bertz CT molecular complexity index is 1220. The monoisotopic (exact) mass is 575 g/mol. The van der Waals surface area contributed by atoms with Crippen molar-refractivity contribution in [3.8, 4) is 0 Å². The number of hydrogen-bond donors (Lipinski definition) is 0. The number of aromatic nitrogens is 1. The van der Waals surface area contributed by atoms with E-state index < -0.39 is 41.0 Å². The van der Waals surface area contributed by atoms with Crippen molar-refractivity contribution in [3.05, 3.63) is 58.8 Å². The molecule has 224 valence electrons. The summed E-state index contributed by atoms with van der Waals surface area (Å²) in [6.45, 7) is 8.06. The summed E-state index contributed by atoms with van der Waals surface area (Å²) >= 11 is 0. The van der Waals surface area contributed by atoms with Gasteiger partial charge in [-0.3, -0.25) is 14.6 Å². The van der Waals surface area contributed by atoms with Gasteiger partial charge in [-0.1, -0.05) is 6.07 Å². The van der Waals surface area contributed by atoms with Gasteiger partial charge in [0.05, 0.1) is 13.0 Å². The maximum atomic E-state index is 15.5.